The first-order valence-electron chi connectivity index (χ1n) is 5.22. The third-order valence-corrected chi connectivity index (χ3v) is 3.77. The van der Waals surface area contributed by atoms with Gasteiger partial charge in [0.25, 0.3) is 5.91 Å². The van der Waals surface area contributed by atoms with Crippen LogP contribution >= 0.6 is 34.2 Å². The molecular weight excluding hydrogens is 368 g/mol. The van der Waals surface area contributed by atoms with Crippen molar-refractivity contribution >= 4 is 46.1 Å². The predicted molar refractivity (Wildman–Crippen MR) is 78.3 cm³/mol. The molecule has 1 unspecified atom stereocenters. The molecule has 1 rings (SSSR count). The van der Waals surface area contributed by atoms with Crippen LogP contribution in [0.15, 0.2) is 18.2 Å². The molecule has 0 fully saturated rings. The maximum Gasteiger partial charge on any atom is 0.320 e. The van der Waals surface area contributed by atoms with Crippen LogP contribution in [0.1, 0.15) is 15.9 Å². The Morgan fingerprint density at radius 2 is 2.17 bits per heavy atom. The van der Waals surface area contributed by atoms with Crippen molar-refractivity contribution in [2.24, 2.45) is 0 Å². The van der Waals surface area contributed by atoms with Crippen LogP contribution in [0.3, 0.4) is 0 Å². The number of esters is 1. The van der Waals surface area contributed by atoms with E-state index in [2.05, 4.69) is 10.1 Å². The van der Waals surface area contributed by atoms with Gasteiger partial charge in [0, 0.05) is 17.1 Å². The smallest absolute Gasteiger partial charge is 0.320 e. The molecule has 0 heterocycles. The summed E-state index contributed by atoms with van der Waals surface area (Å²) in [5.74, 6) is -0.612. The van der Waals surface area contributed by atoms with Gasteiger partial charge in [0.05, 0.1) is 7.11 Å². The molecule has 0 spiro atoms. The fourth-order valence-electron chi connectivity index (χ4n) is 1.34. The van der Waals surface area contributed by atoms with Gasteiger partial charge in [0.1, 0.15) is 3.92 Å². The van der Waals surface area contributed by atoms with Crippen LogP contribution in [0.5, 0.6) is 0 Å². The number of ether oxygens (including phenoxy) is 1. The SMILES string of the molecule is COC(=O)C(I)CNC(=O)c1cccc(Cl)c1C. The number of alkyl halides is 1. The van der Waals surface area contributed by atoms with Crippen LogP contribution in [0.4, 0.5) is 0 Å². The van der Waals surface area contributed by atoms with Gasteiger partial charge in [-0.3, -0.25) is 9.59 Å². The van der Waals surface area contributed by atoms with Crippen molar-refractivity contribution in [2.75, 3.05) is 13.7 Å². The van der Waals surface area contributed by atoms with Gasteiger partial charge in [0.15, 0.2) is 0 Å². The van der Waals surface area contributed by atoms with Gasteiger partial charge in [-0.05, 0) is 24.6 Å². The molecule has 0 saturated carbocycles. The summed E-state index contributed by atoms with van der Waals surface area (Å²) in [4.78, 5) is 23.1. The number of halogens is 2. The van der Waals surface area contributed by atoms with E-state index in [4.69, 9.17) is 11.6 Å². The van der Waals surface area contributed by atoms with Crippen LogP contribution < -0.4 is 5.32 Å². The maximum absolute atomic E-state index is 11.9. The zero-order chi connectivity index (χ0) is 13.7. The van der Waals surface area contributed by atoms with E-state index in [1.165, 1.54) is 7.11 Å². The fourth-order valence-corrected chi connectivity index (χ4v) is 1.99. The number of methoxy groups -OCH3 is 1. The Morgan fingerprint density at radius 1 is 1.50 bits per heavy atom. The second kappa shape index (κ2) is 6.94. The zero-order valence-corrected chi connectivity index (χ0v) is 12.9. The molecule has 0 saturated heterocycles. The largest absolute Gasteiger partial charge is 0.468 e. The number of rotatable bonds is 4. The van der Waals surface area contributed by atoms with Crippen molar-refractivity contribution in [1.82, 2.24) is 5.32 Å². The average Bonchev–Trinajstić information content (AvgIpc) is 2.37. The minimum Gasteiger partial charge on any atom is -0.468 e. The topological polar surface area (TPSA) is 55.4 Å². The minimum absolute atomic E-state index is 0.220. The Balaban J connectivity index is 2.66. The Hall–Kier alpha value is -0.820. The standard InChI is InChI=1S/C12H13ClINO3/c1-7-8(4-3-5-9(7)13)11(16)15-6-10(14)12(17)18-2/h3-5,10H,6H2,1-2H3,(H,15,16). The highest BCUT2D eigenvalue weighted by Crippen LogP contribution is 2.18. The van der Waals surface area contributed by atoms with Crippen LogP contribution in [0, 0.1) is 6.92 Å². The summed E-state index contributed by atoms with van der Waals surface area (Å²) in [5.41, 5.74) is 1.23. The number of hydrogen-bond donors (Lipinski definition) is 1. The van der Waals surface area contributed by atoms with E-state index in [0.29, 0.717) is 10.6 Å². The van der Waals surface area contributed by atoms with Crippen LogP contribution in [0.2, 0.25) is 5.02 Å². The van der Waals surface area contributed by atoms with Gasteiger partial charge >= 0.3 is 5.97 Å². The summed E-state index contributed by atoms with van der Waals surface area (Å²) in [6.07, 6.45) is 0. The number of nitrogens with one attached hydrogen (secondary N) is 1. The molecule has 1 N–H and O–H groups in total. The summed E-state index contributed by atoms with van der Waals surface area (Å²) in [6.45, 7) is 2.00. The highest BCUT2D eigenvalue weighted by Gasteiger charge is 2.17. The van der Waals surface area contributed by atoms with E-state index in [-0.39, 0.29) is 18.4 Å². The van der Waals surface area contributed by atoms with Crippen molar-refractivity contribution in [3.8, 4) is 0 Å². The second-order valence-electron chi connectivity index (χ2n) is 3.61. The highest BCUT2D eigenvalue weighted by atomic mass is 127. The van der Waals surface area contributed by atoms with Gasteiger partial charge in [-0.2, -0.15) is 0 Å². The molecule has 0 aliphatic heterocycles. The van der Waals surface area contributed by atoms with Crippen LogP contribution in [0.25, 0.3) is 0 Å². The minimum atomic E-state index is -0.406. The molecule has 0 aliphatic rings. The third kappa shape index (κ3) is 3.84. The molecular formula is C12H13ClINO3. The van der Waals surface area contributed by atoms with E-state index in [1.807, 2.05) is 22.6 Å². The second-order valence-corrected chi connectivity index (χ2v) is 5.52. The predicted octanol–water partition coefficient (Wildman–Crippen LogP) is 2.35. The summed E-state index contributed by atoms with van der Waals surface area (Å²) >= 11 is 7.86. The molecule has 0 radical (unpaired) electrons. The number of amides is 1. The Bertz CT molecular complexity index is 465. The first-order chi connectivity index (χ1) is 8.47. The molecule has 1 amide bonds. The normalized spacial score (nSPS) is 11.8. The molecule has 98 valence electrons. The first-order valence-corrected chi connectivity index (χ1v) is 6.85. The zero-order valence-electron chi connectivity index (χ0n) is 10.00. The molecule has 0 bridgehead atoms. The number of benzene rings is 1. The summed E-state index contributed by atoms with van der Waals surface area (Å²) in [6, 6.07) is 5.13. The summed E-state index contributed by atoms with van der Waals surface area (Å²) < 4.78 is 4.17. The van der Waals surface area contributed by atoms with E-state index < -0.39 is 3.92 Å². The average molecular weight is 382 g/mol. The van der Waals surface area contributed by atoms with Crippen molar-refractivity contribution in [3.63, 3.8) is 0 Å². The maximum atomic E-state index is 11.9. The van der Waals surface area contributed by atoms with Crippen molar-refractivity contribution < 1.29 is 14.3 Å². The van der Waals surface area contributed by atoms with E-state index in [9.17, 15) is 9.59 Å². The van der Waals surface area contributed by atoms with Crippen LogP contribution in [-0.2, 0) is 9.53 Å². The Morgan fingerprint density at radius 3 is 2.78 bits per heavy atom. The molecule has 0 aromatic heterocycles. The van der Waals surface area contributed by atoms with E-state index in [0.717, 1.165) is 5.56 Å². The first kappa shape index (κ1) is 15.2. The van der Waals surface area contributed by atoms with E-state index >= 15 is 0 Å². The molecule has 6 heteroatoms. The lowest BCUT2D eigenvalue weighted by atomic mass is 10.1. The number of carbonyl (C=O) groups is 2. The molecule has 18 heavy (non-hydrogen) atoms. The third-order valence-electron chi connectivity index (χ3n) is 2.41. The van der Waals surface area contributed by atoms with Crippen LogP contribution in [-0.4, -0.2) is 29.5 Å². The number of carbonyl (C=O) groups excluding carboxylic acids is 2. The van der Waals surface area contributed by atoms with Gasteiger partial charge < -0.3 is 10.1 Å². The molecule has 1 aromatic carbocycles. The lowest BCUT2D eigenvalue weighted by Gasteiger charge is -2.11. The van der Waals surface area contributed by atoms with Gasteiger partial charge in [-0.1, -0.05) is 40.3 Å². The van der Waals surface area contributed by atoms with E-state index in [1.54, 1.807) is 25.1 Å². The lowest BCUT2D eigenvalue weighted by molar-refractivity contribution is -0.139. The summed E-state index contributed by atoms with van der Waals surface area (Å²) in [5, 5.41) is 3.22. The highest BCUT2D eigenvalue weighted by molar-refractivity contribution is 14.1. The van der Waals surface area contributed by atoms with Crippen molar-refractivity contribution in [2.45, 2.75) is 10.8 Å². The van der Waals surface area contributed by atoms with Crippen molar-refractivity contribution in [1.29, 1.82) is 0 Å². The Labute approximate surface area is 124 Å². The lowest BCUT2D eigenvalue weighted by Crippen LogP contribution is -2.34. The Kier molecular flexibility index (Phi) is 5.87. The van der Waals surface area contributed by atoms with Gasteiger partial charge in [-0.25, -0.2) is 0 Å². The molecule has 1 atom stereocenters. The molecule has 1 aromatic rings. The quantitative estimate of drug-likeness (QED) is 0.495. The fraction of sp³-hybridized carbons (Fsp3) is 0.333. The molecule has 4 nitrogen and oxygen atoms in total. The van der Waals surface area contributed by atoms with Crippen molar-refractivity contribution in [3.05, 3.63) is 34.3 Å². The molecule has 0 aliphatic carbocycles. The summed E-state index contributed by atoms with van der Waals surface area (Å²) in [7, 11) is 1.32. The monoisotopic (exact) mass is 381 g/mol. The van der Waals surface area contributed by atoms with Gasteiger partial charge in [0.2, 0.25) is 0 Å². The number of hydrogen-bond acceptors (Lipinski definition) is 3. The van der Waals surface area contributed by atoms with Gasteiger partial charge in [-0.15, -0.1) is 0 Å².